The number of likely N-dealkylation sites (N-methyl/N-ethyl adjacent to an activating group) is 1. The average Bonchev–Trinajstić information content (AvgIpc) is 2.36. The quantitative estimate of drug-likeness (QED) is 0.725. The molecular formula is C14H23BrN2O. The molecule has 0 saturated heterocycles. The third kappa shape index (κ3) is 5.06. The Morgan fingerprint density at radius 1 is 1.33 bits per heavy atom. The minimum absolute atomic E-state index is 0.261. The highest BCUT2D eigenvalue weighted by Crippen LogP contribution is 2.22. The Balaban J connectivity index is 2.54. The first-order valence-electron chi connectivity index (χ1n) is 6.45. The fourth-order valence-corrected chi connectivity index (χ4v) is 2.51. The molecule has 4 heteroatoms. The molecule has 1 rings (SSSR count). The van der Waals surface area contributed by atoms with E-state index in [2.05, 4.69) is 40.0 Å². The summed E-state index contributed by atoms with van der Waals surface area (Å²) in [5, 5.41) is 8.76. The van der Waals surface area contributed by atoms with Crippen molar-refractivity contribution >= 4 is 15.9 Å². The van der Waals surface area contributed by atoms with Gasteiger partial charge in [-0.25, -0.2) is 0 Å². The molecule has 0 heterocycles. The van der Waals surface area contributed by atoms with E-state index in [0.717, 1.165) is 30.3 Å². The molecule has 0 radical (unpaired) electrons. The molecule has 1 unspecified atom stereocenters. The van der Waals surface area contributed by atoms with Crippen LogP contribution in [-0.2, 0) is 0 Å². The number of aliphatic hydroxyl groups excluding tert-OH is 1. The Morgan fingerprint density at radius 3 is 2.72 bits per heavy atom. The summed E-state index contributed by atoms with van der Waals surface area (Å²) in [5.41, 5.74) is 7.14. The van der Waals surface area contributed by atoms with Gasteiger partial charge in [0.25, 0.3) is 0 Å². The molecular weight excluding hydrogens is 292 g/mol. The van der Waals surface area contributed by atoms with Gasteiger partial charge in [0.1, 0.15) is 0 Å². The monoisotopic (exact) mass is 314 g/mol. The Kier molecular flexibility index (Phi) is 7.51. The van der Waals surface area contributed by atoms with Crippen molar-refractivity contribution in [3.63, 3.8) is 0 Å². The maximum Gasteiger partial charge on any atom is 0.0467 e. The number of hydrogen-bond acceptors (Lipinski definition) is 3. The van der Waals surface area contributed by atoms with E-state index < -0.39 is 0 Å². The highest BCUT2D eigenvalue weighted by Gasteiger charge is 2.14. The molecule has 0 spiro atoms. The number of unbranched alkanes of at least 4 members (excludes halogenated alkanes) is 2. The van der Waals surface area contributed by atoms with E-state index in [9.17, 15) is 0 Å². The highest BCUT2D eigenvalue weighted by molar-refractivity contribution is 9.10. The second kappa shape index (κ2) is 8.64. The molecule has 0 aliphatic heterocycles. The van der Waals surface area contributed by atoms with Gasteiger partial charge >= 0.3 is 0 Å². The van der Waals surface area contributed by atoms with Crippen molar-refractivity contribution < 1.29 is 5.11 Å². The van der Waals surface area contributed by atoms with Crippen LogP contribution in [0, 0.1) is 0 Å². The number of aliphatic hydroxyl groups is 1. The second-order valence-electron chi connectivity index (χ2n) is 4.57. The van der Waals surface area contributed by atoms with Crippen LogP contribution in [0.15, 0.2) is 28.7 Å². The van der Waals surface area contributed by atoms with Crippen LogP contribution in [0.3, 0.4) is 0 Å². The summed E-state index contributed by atoms with van der Waals surface area (Å²) in [6, 6.07) is 8.57. The van der Waals surface area contributed by atoms with Gasteiger partial charge in [-0.15, -0.1) is 0 Å². The van der Waals surface area contributed by atoms with Gasteiger partial charge < -0.3 is 10.8 Å². The number of nitrogens with two attached hydrogens (primary N) is 1. The molecule has 102 valence electrons. The molecule has 1 aromatic carbocycles. The molecule has 3 nitrogen and oxygen atoms in total. The molecule has 0 aliphatic carbocycles. The standard InChI is InChI=1S/C14H23BrN2O/c1-17(8-3-2-4-9-18)14(11-16)12-6-5-7-13(15)10-12/h5-7,10,14,18H,2-4,8-9,11,16H2,1H3. The van der Waals surface area contributed by atoms with Crippen molar-refractivity contribution in [3.8, 4) is 0 Å². The summed E-state index contributed by atoms with van der Waals surface area (Å²) in [6.45, 7) is 1.91. The number of nitrogens with zero attached hydrogens (tertiary/aromatic N) is 1. The van der Waals surface area contributed by atoms with Crippen molar-refractivity contribution in [2.45, 2.75) is 25.3 Å². The average molecular weight is 315 g/mol. The summed E-state index contributed by atoms with van der Waals surface area (Å²) in [7, 11) is 2.11. The molecule has 3 N–H and O–H groups in total. The summed E-state index contributed by atoms with van der Waals surface area (Å²) in [5.74, 6) is 0. The molecule has 0 amide bonds. The van der Waals surface area contributed by atoms with Gasteiger partial charge in [0, 0.05) is 23.7 Å². The first-order chi connectivity index (χ1) is 8.69. The van der Waals surface area contributed by atoms with Gasteiger partial charge in [-0.2, -0.15) is 0 Å². The summed E-state index contributed by atoms with van der Waals surface area (Å²) in [6.07, 6.45) is 3.05. The summed E-state index contributed by atoms with van der Waals surface area (Å²) >= 11 is 3.49. The van der Waals surface area contributed by atoms with E-state index in [1.54, 1.807) is 0 Å². The third-order valence-electron chi connectivity index (χ3n) is 3.16. The molecule has 0 fully saturated rings. The summed E-state index contributed by atoms with van der Waals surface area (Å²) < 4.78 is 1.09. The number of hydrogen-bond donors (Lipinski definition) is 2. The molecule has 0 saturated carbocycles. The largest absolute Gasteiger partial charge is 0.396 e. The van der Waals surface area contributed by atoms with Gasteiger partial charge in [0.2, 0.25) is 0 Å². The predicted molar refractivity (Wildman–Crippen MR) is 79.5 cm³/mol. The first kappa shape index (κ1) is 15.6. The summed E-state index contributed by atoms with van der Waals surface area (Å²) in [4.78, 5) is 2.29. The third-order valence-corrected chi connectivity index (χ3v) is 3.65. The lowest BCUT2D eigenvalue weighted by Crippen LogP contribution is -2.31. The lowest BCUT2D eigenvalue weighted by molar-refractivity contribution is 0.236. The van der Waals surface area contributed by atoms with Crippen molar-refractivity contribution in [2.24, 2.45) is 5.73 Å². The molecule has 0 aliphatic rings. The maximum atomic E-state index is 8.76. The Hall–Kier alpha value is -0.420. The maximum absolute atomic E-state index is 8.76. The fraction of sp³-hybridized carbons (Fsp3) is 0.571. The number of benzene rings is 1. The molecule has 1 aromatic rings. The predicted octanol–water partition coefficient (Wildman–Crippen LogP) is 2.54. The lowest BCUT2D eigenvalue weighted by Gasteiger charge is -2.27. The number of rotatable bonds is 8. The van der Waals surface area contributed by atoms with E-state index in [4.69, 9.17) is 10.8 Å². The zero-order chi connectivity index (χ0) is 13.4. The van der Waals surface area contributed by atoms with Crippen LogP contribution < -0.4 is 5.73 Å². The molecule has 1 atom stereocenters. The van der Waals surface area contributed by atoms with E-state index in [1.807, 2.05) is 12.1 Å². The van der Waals surface area contributed by atoms with Gasteiger partial charge in [-0.05, 0) is 50.6 Å². The van der Waals surface area contributed by atoms with Crippen LogP contribution in [0.4, 0.5) is 0 Å². The van der Waals surface area contributed by atoms with Crippen molar-refractivity contribution in [1.82, 2.24) is 4.90 Å². The Bertz CT molecular complexity index is 346. The van der Waals surface area contributed by atoms with Crippen molar-refractivity contribution in [3.05, 3.63) is 34.3 Å². The zero-order valence-corrected chi connectivity index (χ0v) is 12.6. The molecule has 0 bridgehead atoms. The van der Waals surface area contributed by atoms with Crippen LogP contribution in [0.25, 0.3) is 0 Å². The number of halogens is 1. The van der Waals surface area contributed by atoms with Gasteiger partial charge in [-0.1, -0.05) is 28.1 Å². The van der Waals surface area contributed by atoms with E-state index in [-0.39, 0.29) is 12.6 Å². The van der Waals surface area contributed by atoms with Crippen molar-refractivity contribution in [1.29, 1.82) is 0 Å². The SMILES string of the molecule is CN(CCCCCO)C(CN)c1cccc(Br)c1. The first-order valence-corrected chi connectivity index (χ1v) is 7.25. The second-order valence-corrected chi connectivity index (χ2v) is 5.49. The van der Waals surface area contributed by atoms with E-state index >= 15 is 0 Å². The van der Waals surface area contributed by atoms with Crippen LogP contribution in [0.2, 0.25) is 0 Å². The normalized spacial score (nSPS) is 12.9. The van der Waals surface area contributed by atoms with Crippen LogP contribution in [0.5, 0.6) is 0 Å². The topological polar surface area (TPSA) is 49.5 Å². The molecule has 18 heavy (non-hydrogen) atoms. The van der Waals surface area contributed by atoms with Gasteiger partial charge in [0.15, 0.2) is 0 Å². The fourth-order valence-electron chi connectivity index (χ4n) is 2.09. The highest BCUT2D eigenvalue weighted by atomic mass is 79.9. The molecule has 0 aromatic heterocycles. The van der Waals surface area contributed by atoms with E-state index in [1.165, 1.54) is 5.56 Å². The zero-order valence-electron chi connectivity index (χ0n) is 11.0. The van der Waals surface area contributed by atoms with Crippen LogP contribution >= 0.6 is 15.9 Å². The van der Waals surface area contributed by atoms with E-state index in [0.29, 0.717) is 6.54 Å². The van der Waals surface area contributed by atoms with Gasteiger partial charge in [-0.3, -0.25) is 4.90 Å². The smallest absolute Gasteiger partial charge is 0.0467 e. The Labute approximate surface area is 118 Å². The lowest BCUT2D eigenvalue weighted by atomic mass is 10.1. The van der Waals surface area contributed by atoms with Crippen LogP contribution in [0.1, 0.15) is 30.9 Å². The minimum Gasteiger partial charge on any atom is -0.396 e. The van der Waals surface area contributed by atoms with Gasteiger partial charge in [0.05, 0.1) is 0 Å². The Morgan fingerprint density at radius 2 is 2.11 bits per heavy atom. The minimum atomic E-state index is 0.261. The van der Waals surface area contributed by atoms with Crippen molar-refractivity contribution in [2.75, 3.05) is 26.7 Å². The van der Waals surface area contributed by atoms with Crippen LogP contribution in [-0.4, -0.2) is 36.8 Å².